The molecule has 2 aliphatic rings. The number of anilines is 1. The SMILES string of the molecule is CC(C)(C)OC(=O)N1c2ccc(C(F)(F)F)cc2[C@@H](NC(=O)OCCc2cc(C(F)(F)F)cc(C(F)(F)F)c2)C[C@H]1C1CC1. The maximum atomic E-state index is 13.6. The Bertz CT molecular complexity index is 1360. The molecule has 1 N–H and O–H groups in total. The molecule has 1 heterocycles. The summed E-state index contributed by atoms with van der Waals surface area (Å²) in [5, 5.41) is 2.46. The minimum Gasteiger partial charge on any atom is -0.449 e. The third kappa shape index (κ3) is 8.08. The molecule has 2 aromatic carbocycles. The van der Waals surface area contributed by atoms with E-state index in [2.05, 4.69) is 5.32 Å². The molecule has 1 fully saturated rings. The molecule has 0 aromatic heterocycles. The number of nitrogens with zero attached hydrogens (tertiary/aromatic N) is 1. The summed E-state index contributed by atoms with van der Waals surface area (Å²) in [6.07, 6.45) is -15.8. The highest BCUT2D eigenvalue weighted by Crippen LogP contribution is 2.48. The lowest BCUT2D eigenvalue weighted by atomic mass is 9.88. The summed E-state index contributed by atoms with van der Waals surface area (Å²) in [6, 6.07) is 2.15. The molecule has 6 nitrogen and oxygen atoms in total. The molecule has 242 valence electrons. The molecule has 0 radical (unpaired) electrons. The van der Waals surface area contributed by atoms with Crippen LogP contribution in [0.25, 0.3) is 0 Å². The summed E-state index contributed by atoms with van der Waals surface area (Å²) in [6.45, 7) is 4.29. The first-order valence-electron chi connectivity index (χ1n) is 13.6. The second-order valence-corrected chi connectivity index (χ2v) is 11.8. The zero-order chi connectivity index (χ0) is 32.8. The van der Waals surface area contributed by atoms with Crippen LogP contribution >= 0.6 is 0 Å². The Morgan fingerprint density at radius 3 is 1.91 bits per heavy atom. The van der Waals surface area contributed by atoms with Crippen LogP contribution in [0.3, 0.4) is 0 Å². The standard InChI is InChI=1S/C29H29F9N2O4/c1-26(2,3)44-25(42)40-22-7-6-17(27(30,31)32)13-20(22)21(14-23(40)16-4-5-16)39-24(41)43-9-8-15-10-18(28(33,34)35)12-19(11-15)29(36,37)38/h6-7,10-13,16,21,23H,4-5,8-9,14H2,1-3H3,(H,39,41)/t21-,23-/m0/s1. The molecule has 0 bridgehead atoms. The average molecular weight is 641 g/mol. The van der Waals surface area contributed by atoms with E-state index in [1.807, 2.05) is 0 Å². The molecule has 2 aromatic rings. The Kier molecular flexibility index (Phi) is 8.84. The maximum Gasteiger partial charge on any atom is 0.416 e. The number of rotatable bonds is 5. The number of halogens is 9. The van der Waals surface area contributed by atoms with Crippen molar-refractivity contribution in [2.24, 2.45) is 5.92 Å². The van der Waals surface area contributed by atoms with Crippen molar-refractivity contribution in [3.8, 4) is 0 Å². The third-order valence-electron chi connectivity index (χ3n) is 7.12. The van der Waals surface area contributed by atoms with E-state index in [-0.39, 0.29) is 35.2 Å². The topological polar surface area (TPSA) is 67.9 Å². The van der Waals surface area contributed by atoms with E-state index >= 15 is 0 Å². The summed E-state index contributed by atoms with van der Waals surface area (Å²) in [5.74, 6) is -0.0120. The fourth-order valence-electron chi connectivity index (χ4n) is 5.06. The fourth-order valence-corrected chi connectivity index (χ4v) is 5.06. The lowest BCUT2D eigenvalue weighted by molar-refractivity contribution is -0.143. The molecule has 2 amide bonds. The number of amides is 2. The Hall–Kier alpha value is -3.65. The van der Waals surface area contributed by atoms with Crippen molar-refractivity contribution in [3.05, 3.63) is 64.2 Å². The summed E-state index contributed by atoms with van der Waals surface area (Å²) in [4.78, 5) is 27.2. The van der Waals surface area contributed by atoms with E-state index in [0.29, 0.717) is 12.1 Å². The van der Waals surface area contributed by atoms with Crippen LogP contribution in [0.4, 0.5) is 54.8 Å². The highest BCUT2D eigenvalue weighted by atomic mass is 19.4. The minimum absolute atomic E-state index is 0.00981. The number of alkyl carbamates (subject to hydrolysis) is 1. The largest absolute Gasteiger partial charge is 0.449 e. The number of hydrogen-bond donors (Lipinski definition) is 1. The fraction of sp³-hybridized carbons (Fsp3) is 0.517. The van der Waals surface area contributed by atoms with E-state index in [1.165, 1.54) is 4.90 Å². The van der Waals surface area contributed by atoms with Gasteiger partial charge in [0.25, 0.3) is 0 Å². The predicted molar refractivity (Wildman–Crippen MR) is 139 cm³/mol. The van der Waals surface area contributed by atoms with Crippen LogP contribution < -0.4 is 10.2 Å². The zero-order valence-electron chi connectivity index (χ0n) is 23.7. The highest BCUT2D eigenvalue weighted by Gasteiger charge is 2.46. The van der Waals surface area contributed by atoms with Gasteiger partial charge >= 0.3 is 30.7 Å². The highest BCUT2D eigenvalue weighted by molar-refractivity contribution is 5.91. The molecule has 4 rings (SSSR count). The van der Waals surface area contributed by atoms with Crippen molar-refractivity contribution in [1.29, 1.82) is 0 Å². The number of alkyl halides is 9. The molecule has 1 aliphatic heterocycles. The van der Waals surface area contributed by atoms with Gasteiger partial charge in [-0.15, -0.1) is 0 Å². The lowest BCUT2D eigenvalue weighted by Crippen LogP contribution is -2.50. The summed E-state index contributed by atoms with van der Waals surface area (Å²) in [7, 11) is 0. The van der Waals surface area contributed by atoms with Gasteiger partial charge in [-0.25, -0.2) is 9.59 Å². The van der Waals surface area contributed by atoms with Crippen molar-refractivity contribution >= 4 is 17.9 Å². The molecule has 2 atom stereocenters. The van der Waals surface area contributed by atoms with Crippen LogP contribution in [0.5, 0.6) is 0 Å². The molecule has 1 aliphatic carbocycles. The van der Waals surface area contributed by atoms with E-state index in [0.717, 1.165) is 31.0 Å². The van der Waals surface area contributed by atoms with Crippen molar-refractivity contribution < 1.29 is 58.6 Å². The smallest absolute Gasteiger partial charge is 0.416 e. The summed E-state index contributed by atoms with van der Waals surface area (Å²) in [5.41, 5.74) is -5.30. The van der Waals surface area contributed by atoms with Gasteiger partial charge < -0.3 is 14.8 Å². The number of hydrogen-bond acceptors (Lipinski definition) is 4. The maximum absolute atomic E-state index is 13.6. The van der Waals surface area contributed by atoms with Crippen LogP contribution in [0.1, 0.15) is 73.9 Å². The van der Waals surface area contributed by atoms with Crippen LogP contribution in [-0.4, -0.2) is 30.4 Å². The van der Waals surface area contributed by atoms with E-state index in [9.17, 15) is 49.1 Å². The van der Waals surface area contributed by atoms with Gasteiger partial charge in [0, 0.05) is 12.5 Å². The number of carbonyl (C=O) groups is 2. The number of ether oxygens (including phenoxy) is 2. The Morgan fingerprint density at radius 1 is 0.841 bits per heavy atom. The van der Waals surface area contributed by atoms with Crippen LogP contribution in [0.2, 0.25) is 0 Å². The molecule has 1 saturated carbocycles. The Morgan fingerprint density at radius 2 is 1.41 bits per heavy atom. The van der Waals surface area contributed by atoms with Crippen LogP contribution in [-0.2, 0) is 34.4 Å². The van der Waals surface area contributed by atoms with Gasteiger partial charge in [0.1, 0.15) is 5.60 Å². The monoisotopic (exact) mass is 640 g/mol. The average Bonchev–Trinajstić information content (AvgIpc) is 3.71. The second-order valence-electron chi connectivity index (χ2n) is 11.8. The van der Waals surface area contributed by atoms with Gasteiger partial charge in [-0.1, -0.05) is 0 Å². The predicted octanol–water partition coefficient (Wildman–Crippen LogP) is 8.68. The Balaban J connectivity index is 1.55. The van der Waals surface area contributed by atoms with E-state index in [4.69, 9.17) is 9.47 Å². The number of nitrogens with one attached hydrogen (secondary N) is 1. The number of fused-ring (bicyclic) bond motifs is 1. The van der Waals surface area contributed by atoms with Gasteiger partial charge in [-0.2, -0.15) is 39.5 Å². The molecule has 0 saturated heterocycles. The van der Waals surface area contributed by atoms with Crippen LogP contribution in [0, 0.1) is 5.92 Å². The minimum atomic E-state index is -5.05. The summed E-state index contributed by atoms with van der Waals surface area (Å²) < 4.78 is 130. The Labute approximate surface area is 246 Å². The van der Waals surface area contributed by atoms with E-state index < -0.39 is 78.1 Å². The van der Waals surface area contributed by atoms with Gasteiger partial charge in [0.05, 0.1) is 35.0 Å². The molecular weight excluding hydrogens is 611 g/mol. The quantitative estimate of drug-likeness (QED) is 0.332. The normalized spacial score (nSPS) is 19.3. The van der Waals surface area contributed by atoms with Crippen molar-refractivity contribution in [1.82, 2.24) is 5.32 Å². The van der Waals surface area contributed by atoms with Crippen molar-refractivity contribution in [3.63, 3.8) is 0 Å². The summed E-state index contributed by atoms with van der Waals surface area (Å²) >= 11 is 0. The molecule has 0 unspecified atom stereocenters. The first-order valence-corrected chi connectivity index (χ1v) is 13.6. The van der Waals surface area contributed by atoms with E-state index in [1.54, 1.807) is 20.8 Å². The zero-order valence-corrected chi connectivity index (χ0v) is 23.7. The number of benzene rings is 2. The van der Waals surface area contributed by atoms with Crippen molar-refractivity contribution in [2.75, 3.05) is 11.5 Å². The lowest BCUT2D eigenvalue weighted by Gasteiger charge is -2.41. The van der Waals surface area contributed by atoms with Gasteiger partial charge in [0.2, 0.25) is 0 Å². The van der Waals surface area contributed by atoms with Gasteiger partial charge in [0.15, 0.2) is 0 Å². The molecule has 0 spiro atoms. The molecule has 44 heavy (non-hydrogen) atoms. The first kappa shape index (κ1) is 33.2. The van der Waals surface area contributed by atoms with Gasteiger partial charge in [-0.05, 0) is 93.5 Å². The van der Waals surface area contributed by atoms with Crippen LogP contribution in [0.15, 0.2) is 36.4 Å². The number of carbonyl (C=O) groups excluding carboxylic acids is 2. The first-order chi connectivity index (χ1) is 20.1. The van der Waals surface area contributed by atoms with Crippen molar-refractivity contribution in [2.45, 2.75) is 82.7 Å². The molecule has 15 heteroatoms. The second kappa shape index (κ2) is 11.7. The third-order valence-corrected chi connectivity index (χ3v) is 7.12. The van der Waals surface area contributed by atoms with Gasteiger partial charge in [-0.3, -0.25) is 4.90 Å². The molecular formula is C29H29F9N2O4.